The minimum atomic E-state index is -0.715. The van der Waals surface area contributed by atoms with Crippen molar-refractivity contribution in [1.82, 2.24) is 10.3 Å². The number of amides is 2. The molecule has 1 atom stereocenters. The summed E-state index contributed by atoms with van der Waals surface area (Å²) >= 11 is 0. The third kappa shape index (κ3) is 3.26. The zero-order chi connectivity index (χ0) is 20.5. The van der Waals surface area contributed by atoms with E-state index < -0.39 is 11.9 Å². The predicted octanol–water partition coefficient (Wildman–Crippen LogP) is 3.69. The summed E-state index contributed by atoms with van der Waals surface area (Å²) in [4.78, 5) is 31.3. The number of rotatable bonds is 5. The van der Waals surface area contributed by atoms with E-state index in [1.54, 1.807) is 17.0 Å². The fraction of sp³-hybridized carbons (Fsp3) is 0.167. The average molecular weight is 399 g/mol. The van der Waals surface area contributed by atoms with Crippen molar-refractivity contribution in [2.45, 2.75) is 18.9 Å². The number of nitrogens with zero attached hydrogens (tertiary/aromatic N) is 1. The molecule has 5 rings (SSSR count). The second-order valence-electron chi connectivity index (χ2n) is 7.44. The molecule has 1 aliphatic heterocycles. The van der Waals surface area contributed by atoms with Gasteiger partial charge in [0.1, 0.15) is 6.04 Å². The van der Waals surface area contributed by atoms with Crippen molar-refractivity contribution in [2.75, 3.05) is 11.4 Å². The number of hydrogen-bond donors (Lipinski definition) is 2. The lowest BCUT2D eigenvalue weighted by molar-refractivity contribution is -0.120. The Labute approximate surface area is 173 Å². The molecular formula is C24H21N3O3. The van der Waals surface area contributed by atoms with Crippen LogP contribution in [0.25, 0.3) is 10.9 Å². The molecule has 0 aliphatic carbocycles. The van der Waals surface area contributed by atoms with Gasteiger partial charge in [0.25, 0.3) is 5.91 Å². The summed E-state index contributed by atoms with van der Waals surface area (Å²) in [5.41, 5.74) is 4.05. The van der Waals surface area contributed by atoms with E-state index in [2.05, 4.69) is 10.3 Å². The number of benzene rings is 2. The molecule has 1 aliphatic rings. The van der Waals surface area contributed by atoms with Gasteiger partial charge in [0.05, 0.1) is 6.26 Å². The Hall–Kier alpha value is -3.80. The number of para-hydroxylation sites is 2. The van der Waals surface area contributed by atoms with Crippen LogP contribution in [0.2, 0.25) is 0 Å². The van der Waals surface area contributed by atoms with Crippen LogP contribution in [0.3, 0.4) is 0 Å². The number of nitrogens with one attached hydrogen (secondary N) is 2. The summed E-state index contributed by atoms with van der Waals surface area (Å²) in [6.07, 6.45) is 4.55. The van der Waals surface area contributed by atoms with Crippen LogP contribution in [0, 0.1) is 0 Å². The van der Waals surface area contributed by atoms with Gasteiger partial charge in [0.15, 0.2) is 5.76 Å². The molecule has 0 saturated carbocycles. The van der Waals surface area contributed by atoms with Crippen LogP contribution in [0.1, 0.15) is 21.7 Å². The molecule has 2 N–H and O–H groups in total. The van der Waals surface area contributed by atoms with Gasteiger partial charge in [-0.3, -0.25) is 9.59 Å². The SMILES string of the molecule is O=C(N[C@H](Cc1c[nH]c2ccccc12)C(=O)N1CCc2ccccc21)c1ccco1. The van der Waals surface area contributed by atoms with E-state index in [1.165, 1.54) is 6.26 Å². The van der Waals surface area contributed by atoms with Gasteiger partial charge in [-0.15, -0.1) is 0 Å². The minimum absolute atomic E-state index is 0.120. The normalized spacial score (nSPS) is 13.9. The number of hydrogen-bond acceptors (Lipinski definition) is 3. The van der Waals surface area contributed by atoms with Crippen LogP contribution in [0.5, 0.6) is 0 Å². The molecule has 0 saturated heterocycles. The topological polar surface area (TPSA) is 78.3 Å². The lowest BCUT2D eigenvalue weighted by Gasteiger charge is -2.24. The van der Waals surface area contributed by atoms with Gasteiger partial charge in [-0.05, 0) is 41.8 Å². The first-order valence-corrected chi connectivity index (χ1v) is 9.99. The standard InChI is InChI=1S/C24H21N3O3/c28-23(22-10-5-13-30-22)26-20(14-17-15-25-19-8-3-2-7-18(17)19)24(29)27-12-11-16-6-1-4-9-21(16)27/h1-10,13,15,20,25H,11-12,14H2,(H,26,28)/t20-/m1/s1. The lowest BCUT2D eigenvalue weighted by Crippen LogP contribution is -2.49. The van der Waals surface area contributed by atoms with Crippen molar-refractivity contribution < 1.29 is 14.0 Å². The van der Waals surface area contributed by atoms with Crippen LogP contribution in [-0.2, 0) is 17.6 Å². The fourth-order valence-electron chi connectivity index (χ4n) is 4.11. The van der Waals surface area contributed by atoms with Gasteiger partial charge in [0, 0.05) is 35.8 Å². The van der Waals surface area contributed by atoms with Gasteiger partial charge in [-0.1, -0.05) is 36.4 Å². The maximum absolute atomic E-state index is 13.5. The van der Waals surface area contributed by atoms with Crippen molar-refractivity contribution in [1.29, 1.82) is 0 Å². The highest BCUT2D eigenvalue weighted by Gasteiger charge is 2.32. The zero-order valence-electron chi connectivity index (χ0n) is 16.3. The molecule has 0 fully saturated rings. The first-order chi connectivity index (χ1) is 14.7. The Morgan fingerprint density at radius 2 is 1.90 bits per heavy atom. The summed E-state index contributed by atoms with van der Waals surface area (Å²) in [5.74, 6) is -0.329. The smallest absolute Gasteiger partial charge is 0.287 e. The molecule has 6 nitrogen and oxygen atoms in total. The van der Waals surface area contributed by atoms with Gasteiger partial charge < -0.3 is 19.6 Å². The number of anilines is 1. The van der Waals surface area contributed by atoms with E-state index >= 15 is 0 Å². The molecule has 0 radical (unpaired) electrons. The van der Waals surface area contributed by atoms with Crippen molar-refractivity contribution in [3.63, 3.8) is 0 Å². The van der Waals surface area contributed by atoms with Crippen LogP contribution < -0.4 is 10.2 Å². The van der Waals surface area contributed by atoms with Crippen molar-refractivity contribution in [2.24, 2.45) is 0 Å². The highest BCUT2D eigenvalue weighted by Crippen LogP contribution is 2.29. The lowest BCUT2D eigenvalue weighted by atomic mass is 10.0. The average Bonchev–Trinajstić information content (AvgIpc) is 3.52. The molecule has 2 aromatic heterocycles. The molecule has 0 unspecified atom stereocenters. The molecule has 3 heterocycles. The molecule has 6 heteroatoms. The zero-order valence-corrected chi connectivity index (χ0v) is 16.3. The summed E-state index contributed by atoms with van der Waals surface area (Å²) in [7, 11) is 0. The largest absolute Gasteiger partial charge is 0.459 e. The number of aromatic nitrogens is 1. The second kappa shape index (κ2) is 7.55. The Bertz CT molecular complexity index is 1210. The van der Waals surface area contributed by atoms with E-state index in [4.69, 9.17) is 4.42 Å². The van der Waals surface area contributed by atoms with E-state index in [0.717, 1.165) is 34.1 Å². The van der Waals surface area contributed by atoms with E-state index in [9.17, 15) is 9.59 Å². The second-order valence-corrected chi connectivity index (χ2v) is 7.44. The maximum Gasteiger partial charge on any atom is 0.287 e. The molecule has 150 valence electrons. The van der Waals surface area contributed by atoms with Crippen LogP contribution in [-0.4, -0.2) is 29.4 Å². The van der Waals surface area contributed by atoms with Crippen LogP contribution >= 0.6 is 0 Å². The molecule has 2 aromatic carbocycles. The number of H-pyrrole nitrogens is 1. The molecular weight excluding hydrogens is 378 g/mol. The Kier molecular flexibility index (Phi) is 4.59. The molecule has 0 spiro atoms. The Balaban J connectivity index is 1.46. The molecule has 0 bridgehead atoms. The first-order valence-electron chi connectivity index (χ1n) is 9.99. The summed E-state index contributed by atoms with van der Waals surface area (Å²) < 4.78 is 5.22. The number of carbonyl (C=O) groups excluding carboxylic acids is 2. The number of carbonyl (C=O) groups is 2. The Morgan fingerprint density at radius 1 is 1.07 bits per heavy atom. The van der Waals surface area contributed by atoms with Crippen LogP contribution in [0.15, 0.2) is 77.5 Å². The first kappa shape index (κ1) is 18.2. The van der Waals surface area contributed by atoms with Crippen molar-refractivity contribution in [3.8, 4) is 0 Å². The monoisotopic (exact) mass is 399 g/mol. The number of aromatic amines is 1. The molecule has 2 amide bonds. The van der Waals surface area contributed by atoms with Crippen molar-refractivity contribution in [3.05, 3.63) is 90.0 Å². The maximum atomic E-state index is 13.5. The highest BCUT2D eigenvalue weighted by molar-refractivity contribution is 6.03. The van der Waals surface area contributed by atoms with Crippen LogP contribution in [0.4, 0.5) is 5.69 Å². The Morgan fingerprint density at radius 3 is 2.77 bits per heavy atom. The summed E-state index contributed by atoms with van der Waals surface area (Å²) in [5, 5.41) is 3.94. The minimum Gasteiger partial charge on any atom is -0.459 e. The van der Waals surface area contributed by atoms with E-state index in [1.807, 2.05) is 54.7 Å². The number of fused-ring (bicyclic) bond motifs is 2. The fourth-order valence-corrected chi connectivity index (χ4v) is 4.11. The quantitative estimate of drug-likeness (QED) is 0.537. The van der Waals surface area contributed by atoms with Gasteiger partial charge in [-0.2, -0.15) is 0 Å². The third-order valence-electron chi connectivity index (χ3n) is 5.60. The number of furan rings is 1. The third-order valence-corrected chi connectivity index (χ3v) is 5.60. The van der Waals surface area contributed by atoms with Gasteiger partial charge >= 0.3 is 0 Å². The predicted molar refractivity (Wildman–Crippen MR) is 114 cm³/mol. The van der Waals surface area contributed by atoms with E-state index in [-0.39, 0.29) is 11.7 Å². The summed E-state index contributed by atoms with van der Waals surface area (Å²) in [6.45, 7) is 0.610. The molecule has 4 aromatic rings. The van der Waals surface area contributed by atoms with E-state index in [0.29, 0.717) is 13.0 Å². The van der Waals surface area contributed by atoms with Gasteiger partial charge in [-0.25, -0.2) is 0 Å². The molecule has 30 heavy (non-hydrogen) atoms. The van der Waals surface area contributed by atoms with Gasteiger partial charge in [0.2, 0.25) is 5.91 Å². The van der Waals surface area contributed by atoms with Crippen molar-refractivity contribution >= 4 is 28.4 Å². The summed E-state index contributed by atoms with van der Waals surface area (Å²) in [6, 6.07) is 18.4. The highest BCUT2D eigenvalue weighted by atomic mass is 16.3.